The number of anilines is 1. The van der Waals surface area contributed by atoms with Crippen molar-refractivity contribution in [1.29, 1.82) is 0 Å². The summed E-state index contributed by atoms with van der Waals surface area (Å²) in [5, 5.41) is 10.9. The van der Waals surface area contributed by atoms with Crippen molar-refractivity contribution in [1.82, 2.24) is 15.1 Å². The minimum atomic E-state index is -4.52. The van der Waals surface area contributed by atoms with Crippen molar-refractivity contribution in [2.45, 2.75) is 31.2 Å². The fourth-order valence-corrected chi connectivity index (χ4v) is 4.97. The van der Waals surface area contributed by atoms with Crippen molar-refractivity contribution in [2.24, 2.45) is 0 Å². The summed E-state index contributed by atoms with van der Waals surface area (Å²) in [6.07, 6.45) is -3.57. The first-order chi connectivity index (χ1) is 17.7. The zero-order chi connectivity index (χ0) is 26.2. The van der Waals surface area contributed by atoms with E-state index in [1.165, 1.54) is 6.20 Å². The highest BCUT2D eigenvalue weighted by atomic mass is 35.5. The van der Waals surface area contributed by atoms with Gasteiger partial charge in [0.1, 0.15) is 11.4 Å². The molecule has 37 heavy (non-hydrogen) atoms. The fraction of sp³-hybridized carbons (Fsp3) is 0.185. The third-order valence-electron chi connectivity index (χ3n) is 6.29. The van der Waals surface area contributed by atoms with Gasteiger partial charge in [0.2, 0.25) is 0 Å². The summed E-state index contributed by atoms with van der Waals surface area (Å²) >= 11 is 12.2. The quantitative estimate of drug-likeness (QED) is 0.274. The van der Waals surface area contributed by atoms with E-state index in [2.05, 4.69) is 15.7 Å². The van der Waals surface area contributed by atoms with Gasteiger partial charge in [0.15, 0.2) is 6.04 Å². The molecule has 2 atom stereocenters. The van der Waals surface area contributed by atoms with Crippen molar-refractivity contribution >= 4 is 34.9 Å². The first-order valence-electron chi connectivity index (χ1n) is 11.5. The van der Waals surface area contributed by atoms with Crippen LogP contribution in [0.15, 0.2) is 79.0 Å². The highest BCUT2D eigenvalue weighted by Crippen LogP contribution is 2.44. The molecule has 0 saturated carbocycles. The lowest BCUT2D eigenvalue weighted by Gasteiger charge is -2.34. The van der Waals surface area contributed by atoms with Crippen LogP contribution in [0.1, 0.15) is 40.0 Å². The first-order valence-corrected chi connectivity index (χ1v) is 12.2. The van der Waals surface area contributed by atoms with E-state index in [-0.39, 0.29) is 24.3 Å². The van der Waals surface area contributed by atoms with E-state index in [4.69, 9.17) is 23.2 Å². The summed E-state index contributed by atoms with van der Waals surface area (Å²) in [5.41, 5.74) is 3.34. The number of hydrogen-bond donors (Lipinski definition) is 2. The van der Waals surface area contributed by atoms with Crippen LogP contribution in [0.3, 0.4) is 0 Å². The Kier molecular flexibility index (Phi) is 6.88. The number of aromatic nitrogens is 2. The minimum absolute atomic E-state index is 0.0492. The number of halogens is 5. The Balaban J connectivity index is 1.33. The molecule has 0 aliphatic carbocycles. The van der Waals surface area contributed by atoms with Gasteiger partial charge < -0.3 is 10.6 Å². The molecule has 5 nitrogen and oxygen atoms in total. The number of benzene rings is 3. The van der Waals surface area contributed by atoms with E-state index >= 15 is 0 Å². The van der Waals surface area contributed by atoms with Crippen LogP contribution >= 0.6 is 23.2 Å². The lowest BCUT2D eigenvalue weighted by atomic mass is 9.96. The van der Waals surface area contributed by atoms with E-state index in [1.807, 2.05) is 24.3 Å². The first kappa shape index (κ1) is 25.2. The molecule has 2 N–H and O–H groups in total. The van der Waals surface area contributed by atoms with E-state index in [9.17, 15) is 18.0 Å². The second-order valence-corrected chi connectivity index (χ2v) is 9.66. The standard InChI is InChI=1S/C27H21Cl2F3N4O/c28-20-10-19(11-21(29)12-20)17-8-6-16(7-9-17)14-33-26(37)22-15-34-36-24(27(30,31)32)13-23(35-25(22)36)18-4-2-1-3-5-18/h1-12,15,23-24,35H,13-14H2,(H,33,37)/t23-,24+/m1/s1. The van der Waals surface area contributed by atoms with Gasteiger partial charge >= 0.3 is 6.18 Å². The highest BCUT2D eigenvalue weighted by molar-refractivity contribution is 6.35. The molecular formula is C27H21Cl2F3N4O. The summed E-state index contributed by atoms with van der Waals surface area (Å²) in [4.78, 5) is 13.0. The van der Waals surface area contributed by atoms with Gasteiger partial charge in [-0.25, -0.2) is 4.68 Å². The predicted molar refractivity (Wildman–Crippen MR) is 138 cm³/mol. The fourth-order valence-electron chi connectivity index (χ4n) is 4.45. The molecule has 1 aliphatic rings. The maximum absolute atomic E-state index is 13.9. The molecule has 0 saturated heterocycles. The number of nitrogens with one attached hydrogen (secondary N) is 2. The van der Waals surface area contributed by atoms with Crippen LogP contribution in [0.25, 0.3) is 11.1 Å². The number of carbonyl (C=O) groups excluding carboxylic acids is 1. The van der Waals surface area contributed by atoms with Gasteiger partial charge in [-0.05, 0) is 40.5 Å². The van der Waals surface area contributed by atoms with Gasteiger partial charge in [-0.3, -0.25) is 4.79 Å². The summed E-state index contributed by atoms with van der Waals surface area (Å²) in [6.45, 7) is 0.185. The topological polar surface area (TPSA) is 59.0 Å². The van der Waals surface area contributed by atoms with E-state index < -0.39 is 24.2 Å². The van der Waals surface area contributed by atoms with Gasteiger partial charge in [-0.15, -0.1) is 0 Å². The molecule has 2 heterocycles. The third kappa shape index (κ3) is 5.45. The Hall–Kier alpha value is -3.49. The maximum atomic E-state index is 13.9. The van der Waals surface area contributed by atoms with Gasteiger partial charge in [-0.1, -0.05) is 77.8 Å². The van der Waals surface area contributed by atoms with Crippen LogP contribution in [0.5, 0.6) is 0 Å². The molecule has 0 unspecified atom stereocenters. The normalized spacial score (nSPS) is 17.1. The number of rotatable bonds is 5. The van der Waals surface area contributed by atoms with Crippen molar-refractivity contribution in [2.75, 3.05) is 5.32 Å². The van der Waals surface area contributed by atoms with Crippen LogP contribution in [0.2, 0.25) is 10.0 Å². The van der Waals surface area contributed by atoms with Crippen molar-refractivity contribution < 1.29 is 18.0 Å². The van der Waals surface area contributed by atoms with Crippen LogP contribution in [-0.2, 0) is 6.54 Å². The molecule has 1 amide bonds. The average molecular weight is 545 g/mol. The van der Waals surface area contributed by atoms with E-state index in [0.29, 0.717) is 15.6 Å². The predicted octanol–water partition coefficient (Wildman–Crippen LogP) is 7.45. The second-order valence-electron chi connectivity index (χ2n) is 8.79. The van der Waals surface area contributed by atoms with Gasteiger partial charge in [0, 0.05) is 23.0 Å². The summed E-state index contributed by atoms with van der Waals surface area (Å²) in [5.74, 6) is -0.470. The summed E-state index contributed by atoms with van der Waals surface area (Å²) in [6, 6.07) is 19.1. The number of alkyl halides is 3. The number of hydrogen-bond acceptors (Lipinski definition) is 3. The zero-order valence-corrected chi connectivity index (χ0v) is 20.8. The number of amides is 1. The Morgan fingerprint density at radius 2 is 1.68 bits per heavy atom. The van der Waals surface area contributed by atoms with Crippen LogP contribution in [-0.4, -0.2) is 21.9 Å². The monoisotopic (exact) mass is 544 g/mol. The summed E-state index contributed by atoms with van der Waals surface area (Å²) in [7, 11) is 0. The molecule has 0 radical (unpaired) electrons. The molecule has 190 valence electrons. The molecule has 0 fully saturated rings. The van der Waals surface area contributed by atoms with E-state index in [0.717, 1.165) is 21.4 Å². The largest absolute Gasteiger partial charge is 0.410 e. The zero-order valence-electron chi connectivity index (χ0n) is 19.3. The molecule has 0 spiro atoms. The van der Waals surface area contributed by atoms with Crippen LogP contribution in [0, 0.1) is 0 Å². The average Bonchev–Trinajstić information content (AvgIpc) is 3.30. The molecule has 10 heteroatoms. The van der Waals surface area contributed by atoms with Crippen molar-refractivity contribution in [3.05, 3.63) is 106 Å². The van der Waals surface area contributed by atoms with Gasteiger partial charge in [-0.2, -0.15) is 18.3 Å². The van der Waals surface area contributed by atoms with Crippen LogP contribution < -0.4 is 10.6 Å². The highest BCUT2D eigenvalue weighted by Gasteiger charge is 2.47. The van der Waals surface area contributed by atoms with Crippen molar-refractivity contribution in [3.8, 4) is 11.1 Å². The van der Waals surface area contributed by atoms with Gasteiger partial charge in [0.05, 0.1) is 12.2 Å². The van der Waals surface area contributed by atoms with Crippen LogP contribution in [0.4, 0.5) is 19.0 Å². The van der Waals surface area contributed by atoms with Gasteiger partial charge in [0.25, 0.3) is 5.91 Å². The Morgan fingerprint density at radius 1 is 1.00 bits per heavy atom. The summed E-state index contributed by atoms with van der Waals surface area (Å²) < 4.78 is 42.5. The lowest BCUT2D eigenvalue weighted by Crippen LogP contribution is -2.36. The molecular weight excluding hydrogens is 524 g/mol. The smallest absolute Gasteiger partial charge is 0.363 e. The molecule has 4 aromatic rings. The molecule has 3 aromatic carbocycles. The molecule has 1 aliphatic heterocycles. The lowest BCUT2D eigenvalue weighted by molar-refractivity contribution is -0.173. The van der Waals surface area contributed by atoms with Crippen molar-refractivity contribution in [3.63, 3.8) is 0 Å². The number of fused-ring (bicyclic) bond motifs is 1. The Morgan fingerprint density at radius 3 is 2.32 bits per heavy atom. The number of nitrogens with zero attached hydrogens (tertiary/aromatic N) is 2. The Bertz CT molecular complexity index is 1400. The minimum Gasteiger partial charge on any atom is -0.363 e. The third-order valence-corrected chi connectivity index (χ3v) is 6.72. The SMILES string of the molecule is O=C(NCc1ccc(-c2cc(Cl)cc(Cl)c2)cc1)c1cnn2c1N[C@@H](c1ccccc1)C[C@H]2C(F)(F)F. The molecule has 0 bridgehead atoms. The molecule has 5 rings (SSSR count). The van der Waals surface area contributed by atoms with E-state index in [1.54, 1.807) is 48.5 Å². The second kappa shape index (κ2) is 10.1. The Labute approximate surface area is 221 Å². The maximum Gasteiger partial charge on any atom is 0.410 e. The number of carbonyl (C=O) groups is 1. The molecule has 1 aromatic heterocycles.